The number of hydrogen-bond acceptors (Lipinski definition) is 2. The molecule has 1 aliphatic carbocycles. The number of carboxylic acid groups (broad SMARTS) is 1. The summed E-state index contributed by atoms with van der Waals surface area (Å²) in [7, 11) is 0. The van der Waals surface area contributed by atoms with Gasteiger partial charge in [0.1, 0.15) is 0 Å². The third kappa shape index (κ3) is 1.48. The summed E-state index contributed by atoms with van der Waals surface area (Å²) in [5.74, 6) is -1.01. The van der Waals surface area contributed by atoms with Crippen LogP contribution in [-0.2, 0) is 4.79 Å². The molecule has 0 saturated heterocycles. The van der Waals surface area contributed by atoms with Gasteiger partial charge >= 0.3 is 5.97 Å². The smallest absolute Gasteiger partial charge is 0.308 e. The zero-order valence-electron chi connectivity index (χ0n) is 5.92. The minimum Gasteiger partial charge on any atom is -0.481 e. The van der Waals surface area contributed by atoms with Gasteiger partial charge in [-0.3, -0.25) is 4.79 Å². The normalized spacial score (nSPS) is 33.7. The van der Waals surface area contributed by atoms with Crippen molar-refractivity contribution in [3.05, 3.63) is 0 Å². The molecule has 0 spiro atoms. The molecule has 0 aliphatic heterocycles. The van der Waals surface area contributed by atoms with Gasteiger partial charge in [-0.1, -0.05) is 12.8 Å². The van der Waals surface area contributed by atoms with Crippen LogP contribution in [0.2, 0.25) is 0 Å². The van der Waals surface area contributed by atoms with E-state index in [-0.39, 0.29) is 12.0 Å². The summed E-state index contributed by atoms with van der Waals surface area (Å²) >= 11 is 0. The lowest BCUT2D eigenvalue weighted by molar-refractivity contribution is -0.143. The van der Waals surface area contributed by atoms with E-state index in [1.165, 1.54) is 0 Å². The SMILES string of the molecule is N[C@H]1CCCCC1C(=O)O. The summed E-state index contributed by atoms with van der Waals surface area (Å²) in [6, 6.07) is -0.105. The Kier molecular flexibility index (Phi) is 2.27. The van der Waals surface area contributed by atoms with E-state index in [0.717, 1.165) is 25.7 Å². The summed E-state index contributed by atoms with van der Waals surface area (Å²) in [5, 5.41) is 8.63. The Labute approximate surface area is 60.2 Å². The summed E-state index contributed by atoms with van der Waals surface area (Å²) < 4.78 is 0. The Morgan fingerprint density at radius 2 is 2.00 bits per heavy atom. The third-order valence-corrected chi connectivity index (χ3v) is 2.14. The molecule has 0 bridgehead atoms. The Bertz CT molecular complexity index is 136. The summed E-state index contributed by atoms with van der Waals surface area (Å²) in [6.45, 7) is 0. The van der Waals surface area contributed by atoms with Gasteiger partial charge in [0, 0.05) is 6.04 Å². The van der Waals surface area contributed by atoms with Gasteiger partial charge < -0.3 is 10.8 Å². The molecule has 1 rings (SSSR count). The summed E-state index contributed by atoms with van der Waals surface area (Å²) in [6.07, 6.45) is 3.74. The number of rotatable bonds is 1. The molecule has 3 heteroatoms. The molecule has 1 saturated carbocycles. The average Bonchev–Trinajstić information content (AvgIpc) is 1.88. The van der Waals surface area contributed by atoms with Crippen molar-refractivity contribution in [1.82, 2.24) is 0 Å². The molecule has 1 fully saturated rings. The first kappa shape index (κ1) is 7.54. The van der Waals surface area contributed by atoms with Crippen LogP contribution in [0, 0.1) is 5.92 Å². The van der Waals surface area contributed by atoms with Crippen molar-refractivity contribution < 1.29 is 9.90 Å². The molecule has 0 heterocycles. The molecule has 1 aliphatic rings. The van der Waals surface area contributed by atoms with Gasteiger partial charge in [-0.05, 0) is 12.8 Å². The fourth-order valence-corrected chi connectivity index (χ4v) is 1.47. The zero-order valence-corrected chi connectivity index (χ0v) is 5.92. The van der Waals surface area contributed by atoms with Gasteiger partial charge in [-0.25, -0.2) is 0 Å². The standard InChI is InChI=1S/C7H13NO2/c8-6-4-2-1-3-5(6)7(9)10/h5-6H,1-4,8H2,(H,9,10)/t5?,6-/m0/s1. The predicted molar refractivity (Wildman–Crippen MR) is 37.6 cm³/mol. The van der Waals surface area contributed by atoms with Gasteiger partial charge in [-0.2, -0.15) is 0 Å². The van der Waals surface area contributed by atoms with E-state index >= 15 is 0 Å². The average molecular weight is 143 g/mol. The van der Waals surface area contributed by atoms with Crippen LogP contribution < -0.4 is 5.73 Å². The molecule has 58 valence electrons. The minimum atomic E-state index is -0.729. The third-order valence-electron chi connectivity index (χ3n) is 2.14. The van der Waals surface area contributed by atoms with Crippen LogP contribution in [0.5, 0.6) is 0 Å². The minimum absolute atomic E-state index is 0.105. The van der Waals surface area contributed by atoms with Crippen LogP contribution in [0.4, 0.5) is 0 Å². The second kappa shape index (κ2) is 3.01. The molecule has 0 radical (unpaired) electrons. The number of carbonyl (C=O) groups is 1. The Morgan fingerprint density at radius 3 is 2.40 bits per heavy atom. The van der Waals surface area contributed by atoms with E-state index in [2.05, 4.69) is 0 Å². The van der Waals surface area contributed by atoms with Crippen LogP contribution in [0.15, 0.2) is 0 Å². The number of nitrogens with two attached hydrogens (primary N) is 1. The molecule has 0 amide bonds. The van der Waals surface area contributed by atoms with Crippen LogP contribution in [0.1, 0.15) is 25.7 Å². The van der Waals surface area contributed by atoms with Crippen molar-refractivity contribution >= 4 is 5.97 Å². The Hall–Kier alpha value is -0.570. The lowest BCUT2D eigenvalue weighted by atomic mass is 9.85. The second-order valence-electron chi connectivity index (χ2n) is 2.89. The maximum atomic E-state index is 10.5. The number of carboxylic acids is 1. The second-order valence-corrected chi connectivity index (χ2v) is 2.89. The topological polar surface area (TPSA) is 63.3 Å². The molecule has 10 heavy (non-hydrogen) atoms. The molecule has 2 atom stereocenters. The largest absolute Gasteiger partial charge is 0.481 e. The maximum Gasteiger partial charge on any atom is 0.308 e. The van der Waals surface area contributed by atoms with Gasteiger partial charge in [0.15, 0.2) is 0 Å². The van der Waals surface area contributed by atoms with E-state index in [1.54, 1.807) is 0 Å². The first-order valence-corrected chi connectivity index (χ1v) is 3.70. The van der Waals surface area contributed by atoms with Crippen LogP contribution in [-0.4, -0.2) is 17.1 Å². The first-order chi connectivity index (χ1) is 4.72. The highest BCUT2D eigenvalue weighted by molar-refractivity contribution is 5.70. The predicted octanol–water partition coefficient (Wildman–Crippen LogP) is 0.588. The molecule has 0 aromatic heterocycles. The van der Waals surface area contributed by atoms with E-state index in [4.69, 9.17) is 10.8 Å². The van der Waals surface area contributed by atoms with E-state index in [9.17, 15) is 4.79 Å². The van der Waals surface area contributed by atoms with Crippen molar-refractivity contribution in [3.63, 3.8) is 0 Å². The molecule has 3 nitrogen and oxygen atoms in total. The first-order valence-electron chi connectivity index (χ1n) is 3.70. The molecular formula is C7H13NO2. The van der Waals surface area contributed by atoms with Gasteiger partial charge in [0.25, 0.3) is 0 Å². The maximum absolute atomic E-state index is 10.5. The summed E-state index contributed by atoms with van der Waals surface area (Å²) in [4.78, 5) is 10.5. The molecule has 1 unspecified atom stereocenters. The Balaban J connectivity index is 2.47. The molecule has 0 aromatic carbocycles. The van der Waals surface area contributed by atoms with Crippen LogP contribution in [0.3, 0.4) is 0 Å². The van der Waals surface area contributed by atoms with Crippen molar-refractivity contribution in [2.45, 2.75) is 31.7 Å². The van der Waals surface area contributed by atoms with Crippen molar-refractivity contribution in [2.75, 3.05) is 0 Å². The molecule has 0 aromatic rings. The fourth-order valence-electron chi connectivity index (χ4n) is 1.47. The van der Waals surface area contributed by atoms with Crippen LogP contribution in [0.25, 0.3) is 0 Å². The van der Waals surface area contributed by atoms with E-state index in [1.807, 2.05) is 0 Å². The monoisotopic (exact) mass is 143 g/mol. The van der Waals surface area contributed by atoms with Gasteiger partial charge in [0.2, 0.25) is 0 Å². The Morgan fingerprint density at radius 1 is 1.40 bits per heavy atom. The lowest BCUT2D eigenvalue weighted by Crippen LogP contribution is -2.37. The highest BCUT2D eigenvalue weighted by atomic mass is 16.4. The fraction of sp³-hybridized carbons (Fsp3) is 0.857. The summed E-state index contributed by atoms with van der Waals surface area (Å²) in [5.41, 5.74) is 5.60. The van der Waals surface area contributed by atoms with Crippen molar-refractivity contribution in [1.29, 1.82) is 0 Å². The highest BCUT2D eigenvalue weighted by Gasteiger charge is 2.27. The van der Waals surface area contributed by atoms with Gasteiger partial charge in [-0.15, -0.1) is 0 Å². The zero-order chi connectivity index (χ0) is 7.56. The van der Waals surface area contributed by atoms with Crippen molar-refractivity contribution in [2.24, 2.45) is 11.7 Å². The van der Waals surface area contributed by atoms with E-state index in [0.29, 0.717) is 0 Å². The number of hydrogen-bond donors (Lipinski definition) is 2. The van der Waals surface area contributed by atoms with Crippen LogP contribution >= 0.6 is 0 Å². The van der Waals surface area contributed by atoms with Gasteiger partial charge in [0.05, 0.1) is 5.92 Å². The molecule has 3 N–H and O–H groups in total. The molecular weight excluding hydrogens is 130 g/mol. The van der Waals surface area contributed by atoms with E-state index < -0.39 is 5.97 Å². The quantitative estimate of drug-likeness (QED) is 0.564. The highest BCUT2D eigenvalue weighted by Crippen LogP contribution is 2.22. The van der Waals surface area contributed by atoms with Crippen molar-refractivity contribution in [3.8, 4) is 0 Å². The number of aliphatic carboxylic acids is 1. The lowest BCUT2D eigenvalue weighted by Gasteiger charge is -2.24.